The van der Waals surface area contributed by atoms with Crippen molar-refractivity contribution in [1.29, 1.82) is 5.26 Å². The van der Waals surface area contributed by atoms with Crippen LogP contribution >= 0.6 is 11.6 Å². The number of fused-ring (bicyclic) bond motifs is 1. The Morgan fingerprint density at radius 3 is 2.85 bits per heavy atom. The van der Waals surface area contributed by atoms with Crippen molar-refractivity contribution < 1.29 is 4.39 Å². The van der Waals surface area contributed by atoms with E-state index in [1.807, 2.05) is 7.05 Å². The Morgan fingerprint density at radius 2 is 2.10 bits per heavy atom. The van der Waals surface area contributed by atoms with E-state index in [1.54, 1.807) is 34.9 Å². The zero-order valence-electron chi connectivity index (χ0n) is 10.6. The molecule has 0 spiro atoms. The molecule has 2 aromatic carbocycles. The maximum atomic E-state index is 13.6. The van der Waals surface area contributed by atoms with Crippen LogP contribution in [0.3, 0.4) is 0 Å². The normalized spacial score (nSPS) is 10.7. The summed E-state index contributed by atoms with van der Waals surface area (Å²) in [6.45, 7) is 0. The molecule has 0 fully saturated rings. The van der Waals surface area contributed by atoms with Crippen LogP contribution in [0.1, 0.15) is 5.56 Å². The quantitative estimate of drug-likeness (QED) is 0.680. The van der Waals surface area contributed by atoms with Gasteiger partial charge in [-0.15, -0.1) is 0 Å². The molecule has 20 heavy (non-hydrogen) atoms. The minimum atomic E-state index is -0.478. The summed E-state index contributed by atoms with van der Waals surface area (Å²) in [5, 5.41) is 8.99. The average molecular weight is 286 g/mol. The van der Waals surface area contributed by atoms with Gasteiger partial charge in [-0.2, -0.15) is 5.26 Å². The van der Waals surface area contributed by atoms with Crippen molar-refractivity contribution in [3.63, 3.8) is 0 Å². The predicted octanol–water partition coefficient (Wildman–Crippen LogP) is 3.90. The first-order valence-electron chi connectivity index (χ1n) is 5.93. The molecule has 0 saturated carbocycles. The van der Waals surface area contributed by atoms with Crippen LogP contribution in [0.15, 0.2) is 36.4 Å². The molecule has 1 aromatic heterocycles. The van der Waals surface area contributed by atoms with Crippen molar-refractivity contribution in [1.82, 2.24) is 9.55 Å². The molecule has 0 unspecified atom stereocenters. The van der Waals surface area contributed by atoms with Crippen LogP contribution in [0, 0.1) is 17.1 Å². The van der Waals surface area contributed by atoms with E-state index in [1.165, 1.54) is 6.07 Å². The first-order chi connectivity index (χ1) is 9.61. The van der Waals surface area contributed by atoms with Crippen LogP contribution in [0.25, 0.3) is 22.4 Å². The van der Waals surface area contributed by atoms with Crippen molar-refractivity contribution in [2.75, 3.05) is 0 Å². The van der Waals surface area contributed by atoms with Gasteiger partial charge in [0.15, 0.2) is 0 Å². The van der Waals surface area contributed by atoms with E-state index in [2.05, 4.69) is 11.1 Å². The second kappa shape index (κ2) is 4.62. The lowest BCUT2D eigenvalue weighted by Crippen LogP contribution is -1.94. The molecule has 98 valence electrons. The number of aryl methyl sites for hydroxylation is 1. The van der Waals surface area contributed by atoms with Gasteiger partial charge in [0.25, 0.3) is 0 Å². The third-order valence-corrected chi connectivity index (χ3v) is 3.59. The molecule has 3 nitrogen and oxygen atoms in total. The minimum Gasteiger partial charge on any atom is -0.327 e. The van der Waals surface area contributed by atoms with Gasteiger partial charge in [-0.05, 0) is 30.3 Å². The third-order valence-electron chi connectivity index (χ3n) is 3.20. The van der Waals surface area contributed by atoms with E-state index in [0.717, 1.165) is 11.0 Å². The SMILES string of the molecule is Cn1c(-c2cccc(F)c2Cl)nc2ccc(C#N)cc21. The molecule has 0 N–H and O–H groups in total. The first-order valence-corrected chi connectivity index (χ1v) is 6.30. The summed E-state index contributed by atoms with van der Waals surface area (Å²) in [5.74, 6) is 0.0912. The van der Waals surface area contributed by atoms with Crippen LogP contribution in [-0.2, 0) is 7.05 Å². The van der Waals surface area contributed by atoms with Crippen LogP contribution in [0.2, 0.25) is 5.02 Å². The van der Waals surface area contributed by atoms with Gasteiger partial charge in [0, 0.05) is 12.6 Å². The zero-order chi connectivity index (χ0) is 14.3. The number of nitrogens with zero attached hydrogens (tertiary/aromatic N) is 3. The van der Waals surface area contributed by atoms with Crippen LogP contribution < -0.4 is 0 Å². The largest absolute Gasteiger partial charge is 0.327 e. The molecule has 0 bridgehead atoms. The monoisotopic (exact) mass is 285 g/mol. The summed E-state index contributed by atoms with van der Waals surface area (Å²) in [4.78, 5) is 4.46. The Balaban J connectivity index is 2.30. The summed E-state index contributed by atoms with van der Waals surface area (Å²) < 4.78 is 15.4. The summed E-state index contributed by atoms with van der Waals surface area (Å²) in [6.07, 6.45) is 0. The fourth-order valence-corrected chi connectivity index (χ4v) is 2.39. The van der Waals surface area contributed by atoms with Crippen molar-refractivity contribution >= 4 is 22.6 Å². The minimum absolute atomic E-state index is 0.0476. The Labute approximate surface area is 119 Å². The topological polar surface area (TPSA) is 41.6 Å². The average Bonchev–Trinajstić information content (AvgIpc) is 2.78. The van der Waals surface area contributed by atoms with Gasteiger partial charge >= 0.3 is 0 Å². The lowest BCUT2D eigenvalue weighted by molar-refractivity contribution is 0.628. The van der Waals surface area contributed by atoms with Crippen LogP contribution in [-0.4, -0.2) is 9.55 Å². The standard InChI is InChI=1S/C15H9ClFN3/c1-20-13-7-9(8-18)5-6-12(13)19-15(20)10-3-2-4-11(17)14(10)16/h2-7H,1H3. The summed E-state index contributed by atoms with van der Waals surface area (Å²) in [7, 11) is 1.81. The highest BCUT2D eigenvalue weighted by Crippen LogP contribution is 2.31. The smallest absolute Gasteiger partial charge is 0.142 e. The number of imidazole rings is 1. The Hall–Kier alpha value is -2.38. The molecule has 5 heteroatoms. The number of hydrogen-bond donors (Lipinski definition) is 0. The van der Waals surface area contributed by atoms with Gasteiger partial charge in [-0.3, -0.25) is 0 Å². The molecule has 0 atom stereocenters. The van der Waals surface area contributed by atoms with Gasteiger partial charge in [-0.1, -0.05) is 17.7 Å². The highest BCUT2D eigenvalue weighted by molar-refractivity contribution is 6.33. The number of nitriles is 1. The molecule has 0 aliphatic heterocycles. The summed E-state index contributed by atoms with van der Waals surface area (Å²) in [6, 6.07) is 11.9. The van der Waals surface area contributed by atoms with Crippen LogP contribution in [0.4, 0.5) is 4.39 Å². The molecular formula is C15H9ClFN3. The fraction of sp³-hybridized carbons (Fsp3) is 0.0667. The number of rotatable bonds is 1. The number of aromatic nitrogens is 2. The zero-order valence-corrected chi connectivity index (χ0v) is 11.3. The van der Waals surface area contributed by atoms with Gasteiger partial charge in [0.2, 0.25) is 0 Å². The van der Waals surface area contributed by atoms with Gasteiger partial charge in [-0.25, -0.2) is 9.37 Å². The van der Waals surface area contributed by atoms with Gasteiger partial charge < -0.3 is 4.57 Å². The van der Waals surface area contributed by atoms with E-state index >= 15 is 0 Å². The van der Waals surface area contributed by atoms with E-state index < -0.39 is 5.82 Å². The maximum Gasteiger partial charge on any atom is 0.142 e. The second-order valence-corrected chi connectivity index (χ2v) is 4.79. The molecule has 0 aliphatic carbocycles. The predicted molar refractivity (Wildman–Crippen MR) is 75.8 cm³/mol. The molecule has 0 aliphatic rings. The maximum absolute atomic E-state index is 13.6. The lowest BCUT2D eigenvalue weighted by Gasteiger charge is -2.05. The highest BCUT2D eigenvalue weighted by atomic mass is 35.5. The van der Waals surface area contributed by atoms with Crippen molar-refractivity contribution in [2.24, 2.45) is 7.05 Å². The van der Waals surface area contributed by atoms with Crippen molar-refractivity contribution in [3.8, 4) is 17.5 Å². The molecule has 0 amide bonds. The van der Waals surface area contributed by atoms with E-state index in [4.69, 9.17) is 16.9 Å². The van der Waals surface area contributed by atoms with Gasteiger partial charge in [0.05, 0.1) is 27.7 Å². The number of halogens is 2. The first kappa shape index (κ1) is 12.6. The molecular weight excluding hydrogens is 277 g/mol. The molecule has 0 radical (unpaired) electrons. The molecule has 1 heterocycles. The number of hydrogen-bond acceptors (Lipinski definition) is 2. The van der Waals surface area contributed by atoms with Crippen molar-refractivity contribution in [3.05, 3.63) is 52.8 Å². The second-order valence-electron chi connectivity index (χ2n) is 4.41. The third kappa shape index (κ3) is 1.84. The van der Waals surface area contributed by atoms with E-state index in [-0.39, 0.29) is 5.02 Å². The van der Waals surface area contributed by atoms with Crippen LogP contribution in [0.5, 0.6) is 0 Å². The van der Waals surface area contributed by atoms with Gasteiger partial charge in [0.1, 0.15) is 11.6 Å². The fourth-order valence-electron chi connectivity index (χ4n) is 2.18. The molecule has 3 aromatic rings. The summed E-state index contributed by atoms with van der Waals surface area (Å²) >= 11 is 6.01. The van der Waals surface area contributed by atoms with Crippen molar-refractivity contribution in [2.45, 2.75) is 0 Å². The highest BCUT2D eigenvalue weighted by Gasteiger charge is 2.15. The number of benzene rings is 2. The lowest BCUT2D eigenvalue weighted by atomic mass is 10.2. The molecule has 0 saturated heterocycles. The summed E-state index contributed by atoms with van der Waals surface area (Å²) in [5.41, 5.74) is 2.63. The Bertz CT molecular complexity index is 861. The van der Waals surface area contributed by atoms with E-state index in [9.17, 15) is 4.39 Å². The Morgan fingerprint density at radius 1 is 1.30 bits per heavy atom. The van der Waals surface area contributed by atoms with E-state index in [0.29, 0.717) is 17.0 Å². The Kier molecular flexibility index (Phi) is 2.92. The molecule has 3 rings (SSSR count).